The maximum atomic E-state index is 11.8. The molecular formula is C12H21ClN2O3. The number of halogens is 1. The summed E-state index contributed by atoms with van der Waals surface area (Å²) in [5, 5.41) is 0. The zero-order valence-electron chi connectivity index (χ0n) is 10.9. The number of hydrogen-bond donors (Lipinski definition) is 0. The van der Waals surface area contributed by atoms with Crippen LogP contribution in [0.25, 0.3) is 0 Å². The number of piperidine rings is 1. The predicted octanol–water partition coefficient (Wildman–Crippen LogP) is 1.51. The zero-order chi connectivity index (χ0) is 12.4. The van der Waals surface area contributed by atoms with E-state index in [1.165, 1.54) is 0 Å². The number of carbonyl (C=O) groups is 2. The summed E-state index contributed by atoms with van der Waals surface area (Å²) in [6.45, 7) is 6.06. The lowest BCUT2D eigenvalue weighted by Crippen LogP contribution is -2.51. The van der Waals surface area contributed by atoms with E-state index in [-0.39, 0.29) is 30.4 Å². The first kappa shape index (κ1) is 15.1. The van der Waals surface area contributed by atoms with Gasteiger partial charge in [0.1, 0.15) is 0 Å². The SMILES string of the molecule is CCOC(=O)N1CCC2CCN(C(C)=O)C[C@H]21.Cl. The molecule has 0 radical (unpaired) electrons. The maximum Gasteiger partial charge on any atom is 0.410 e. The van der Waals surface area contributed by atoms with Crippen LogP contribution in [-0.2, 0) is 9.53 Å². The van der Waals surface area contributed by atoms with Crippen molar-refractivity contribution < 1.29 is 14.3 Å². The molecule has 2 saturated heterocycles. The molecule has 6 heteroatoms. The smallest absolute Gasteiger partial charge is 0.410 e. The minimum atomic E-state index is -0.231. The highest BCUT2D eigenvalue weighted by Gasteiger charge is 2.41. The number of hydrogen-bond acceptors (Lipinski definition) is 3. The minimum absolute atomic E-state index is 0. The molecule has 2 atom stereocenters. The van der Waals surface area contributed by atoms with Crippen LogP contribution in [0.5, 0.6) is 0 Å². The van der Waals surface area contributed by atoms with Gasteiger partial charge in [0.2, 0.25) is 5.91 Å². The van der Waals surface area contributed by atoms with Crippen molar-refractivity contribution in [3.63, 3.8) is 0 Å². The summed E-state index contributed by atoms with van der Waals surface area (Å²) in [5.74, 6) is 0.633. The third-order valence-electron chi connectivity index (χ3n) is 3.81. The molecule has 2 aliphatic rings. The Hall–Kier alpha value is -0.970. The summed E-state index contributed by atoms with van der Waals surface area (Å²) in [6, 6.07) is 0.159. The number of fused-ring (bicyclic) bond motifs is 1. The normalized spacial score (nSPS) is 26.3. The van der Waals surface area contributed by atoms with Crippen molar-refractivity contribution >= 4 is 24.4 Å². The fraction of sp³-hybridized carbons (Fsp3) is 0.833. The van der Waals surface area contributed by atoms with E-state index < -0.39 is 0 Å². The van der Waals surface area contributed by atoms with Gasteiger partial charge in [-0.3, -0.25) is 4.79 Å². The Morgan fingerprint density at radius 3 is 2.56 bits per heavy atom. The van der Waals surface area contributed by atoms with Gasteiger partial charge in [0.05, 0.1) is 12.6 Å². The average molecular weight is 277 g/mol. The molecule has 2 rings (SSSR count). The summed E-state index contributed by atoms with van der Waals surface area (Å²) < 4.78 is 5.05. The Balaban J connectivity index is 0.00000162. The largest absolute Gasteiger partial charge is 0.450 e. The molecule has 0 aliphatic carbocycles. The number of carbonyl (C=O) groups excluding carboxylic acids is 2. The lowest BCUT2D eigenvalue weighted by atomic mass is 9.92. The van der Waals surface area contributed by atoms with Crippen molar-refractivity contribution in [1.82, 2.24) is 9.80 Å². The molecule has 0 N–H and O–H groups in total. The molecule has 2 fully saturated rings. The third kappa shape index (κ3) is 2.88. The molecule has 18 heavy (non-hydrogen) atoms. The third-order valence-corrected chi connectivity index (χ3v) is 3.81. The van der Waals surface area contributed by atoms with Gasteiger partial charge in [-0.1, -0.05) is 0 Å². The van der Waals surface area contributed by atoms with Crippen LogP contribution in [0.15, 0.2) is 0 Å². The number of nitrogens with zero attached hydrogens (tertiary/aromatic N) is 2. The first-order valence-corrected chi connectivity index (χ1v) is 6.32. The quantitative estimate of drug-likeness (QED) is 0.729. The molecule has 2 amide bonds. The molecular weight excluding hydrogens is 256 g/mol. The monoisotopic (exact) mass is 276 g/mol. The molecule has 104 valence electrons. The second-order valence-electron chi connectivity index (χ2n) is 4.76. The number of rotatable bonds is 1. The van der Waals surface area contributed by atoms with Crippen molar-refractivity contribution in [3.05, 3.63) is 0 Å². The van der Waals surface area contributed by atoms with Crippen LogP contribution in [0, 0.1) is 5.92 Å². The Bertz CT molecular complexity index is 324. The Kier molecular flexibility index (Phi) is 5.26. The highest BCUT2D eigenvalue weighted by molar-refractivity contribution is 5.85. The molecule has 0 bridgehead atoms. The lowest BCUT2D eigenvalue weighted by molar-refractivity contribution is -0.131. The summed E-state index contributed by atoms with van der Waals surface area (Å²) in [7, 11) is 0. The first-order valence-electron chi connectivity index (χ1n) is 6.32. The van der Waals surface area contributed by atoms with Crippen molar-refractivity contribution in [2.24, 2.45) is 5.92 Å². The van der Waals surface area contributed by atoms with Gasteiger partial charge in [-0.2, -0.15) is 0 Å². The van der Waals surface area contributed by atoms with E-state index in [0.717, 1.165) is 25.9 Å². The van der Waals surface area contributed by atoms with E-state index in [1.54, 1.807) is 11.8 Å². The van der Waals surface area contributed by atoms with Crippen LogP contribution in [0.1, 0.15) is 26.7 Å². The highest BCUT2D eigenvalue weighted by atomic mass is 35.5. The fourth-order valence-electron chi connectivity index (χ4n) is 2.86. The number of likely N-dealkylation sites (tertiary alicyclic amines) is 2. The summed E-state index contributed by atoms with van der Waals surface area (Å²) in [6.07, 6.45) is 1.81. The van der Waals surface area contributed by atoms with Gasteiger partial charge in [-0.05, 0) is 25.7 Å². The van der Waals surface area contributed by atoms with Crippen molar-refractivity contribution in [2.45, 2.75) is 32.7 Å². The average Bonchev–Trinajstić information content (AvgIpc) is 2.71. The van der Waals surface area contributed by atoms with Gasteiger partial charge in [0.15, 0.2) is 0 Å². The zero-order valence-corrected chi connectivity index (χ0v) is 11.7. The van der Waals surface area contributed by atoms with Crippen LogP contribution in [0.4, 0.5) is 4.79 Å². The highest BCUT2D eigenvalue weighted by Crippen LogP contribution is 2.32. The van der Waals surface area contributed by atoms with Gasteiger partial charge in [0.25, 0.3) is 0 Å². The molecule has 0 spiro atoms. The van der Waals surface area contributed by atoms with Crippen LogP contribution >= 0.6 is 12.4 Å². The van der Waals surface area contributed by atoms with E-state index in [9.17, 15) is 9.59 Å². The summed E-state index contributed by atoms with van der Waals surface area (Å²) >= 11 is 0. The van der Waals surface area contributed by atoms with Gasteiger partial charge >= 0.3 is 6.09 Å². The van der Waals surface area contributed by atoms with Crippen LogP contribution in [0.3, 0.4) is 0 Å². The molecule has 0 aromatic carbocycles. The van der Waals surface area contributed by atoms with Gasteiger partial charge < -0.3 is 14.5 Å². The van der Waals surface area contributed by atoms with Crippen LogP contribution < -0.4 is 0 Å². The molecule has 1 unspecified atom stereocenters. The minimum Gasteiger partial charge on any atom is -0.450 e. The molecule has 0 saturated carbocycles. The molecule has 2 aliphatic heterocycles. The van der Waals surface area contributed by atoms with Crippen molar-refractivity contribution in [1.29, 1.82) is 0 Å². The van der Waals surface area contributed by atoms with Crippen molar-refractivity contribution in [3.8, 4) is 0 Å². The van der Waals surface area contributed by atoms with Crippen molar-refractivity contribution in [2.75, 3.05) is 26.2 Å². The Morgan fingerprint density at radius 2 is 1.94 bits per heavy atom. The van der Waals surface area contributed by atoms with E-state index in [0.29, 0.717) is 19.1 Å². The van der Waals surface area contributed by atoms with Gasteiger partial charge in [-0.15, -0.1) is 12.4 Å². The van der Waals surface area contributed by atoms with E-state index in [4.69, 9.17) is 4.74 Å². The fourth-order valence-corrected chi connectivity index (χ4v) is 2.86. The summed E-state index contributed by atoms with van der Waals surface area (Å²) in [4.78, 5) is 26.8. The van der Waals surface area contributed by atoms with Crippen LogP contribution in [-0.4, -0.2) is 54.1 Å². The first-order chi connectivity index (χ1) is 8.13. The number of amides is 2. The van der Waals surface area contributed by atoms with E-state index >= 15 is 0 Å². The Labute approximate surface area is 114 Å². The lowest BCUT2D eigenvalue weighted by Gasteiger charge is -2.37. The second-order valence-corrected chi connectivity index (χ2v) is 4.76. The van der Waals surface area contributed by atoms with E-state index in [2.05, 4.69) is 0 Å². The molecule has 0 aromatic heterocycles. The molecule has 0 aromatic rings. The second kappa shape index (κ2) is 6.27. The van der Waals surface area contributed by atoms with Crippen LogP contribution in [0.2, 0.25) is 0 Å². The Morgan fingerprint density at radius 1 is 1.28 bits per heavy atom. The molecule has 5 nitrogen and oxygen atoms in total. The van der Waals surface area contributed by atoms with Gasteiger partial charge in [-0.25, -0.2) is 4.79 Å². The maximum absolute atomic E-state index is 11.8. The van der Waals surface area contributed by atoms with E-state index in [1.807, 2.05) is 11.8 Å². The topological polar surface area (TPSA) is 49.9 Å². The molecule has 2 heterocycles. The number of ether oxygens (including phenoxy) is 1. The standard InChI is InChI=1S/C12H20N2O3.ClH/c1-3-17-12(16)14-7-5-10-4-6-13(9(2)15)8-11(10)14;/h10-11H,3-8H2,1-2H3;1H/t10?,11-;/m1./s1. The van der Waals surface area contributed by atoms with Gasteiger partial charge in [0, 0.05) is 26.6 Å². The predicted molar refractivity (Wildman–Crippen MR) is 69.7 cm³/mol. The summed E-state index contributed by atoms with van der Waals surface area (Å²) in [5.41, 5.74) is 0.